The molecule has 0 radical (unpaired) electrons. The third kappa shape index (κ3) is 3.18. The van der Waals surface area contributed by atoms with Gasteiger partial charge >= 0.3 is 0 Å². The lowest BCUT2D eigenvalue weighted by Gasteiger charge is -2.01. The summed E-state index contributed by atoms with van der Waals surface area (Å²) in [6.45, 7) is 1.95. The second-order valence-electron chi connectivity index (χ2n) is 7.15. The number of nitrogens with one attached hydrogen (secondary N) is 2. The minimum atomic E-state index is -0.378. The van der Waals surface area contributed by atoms with E-state index < -0.39 is 0 Å². The summed E-state index contributed by atoms with van der Waals surface area (Å²) in [6.07, 6.45) is 6.27. The van der Waals surface area contributed by atoms with Gasteiger partial charge < -0.3 is 9.38 Å². The van der Waals surface area contributed by atoms with Gasteiger partial charge in [-0.05, 0) is 31.2 Å². The van der Waals surface area contributed by atoms with Crippen molar-refractivity contribution in [2.45, 2.75) is 19.8 Å². The number of aromatic amines is 1. The fraction of sp³-hybridized carbons (Fsp3) is 0.136. The summed E-state index contributed by atoms with van der Waals surface area (Å²) in [5.74, 6) is -0.163. The third-order valence-corrected chi connectivity index (χ3v) is 5.05. The van der Waals surface area contributed by atoms with Gasteiger partial charge in [0.15, 0.2) is 5.78 Å². The third-order valence-electron chi connectivity index (χ3n) is 5.05. The van der Waals surface area contributed by atoms with E-state index >= 15 is 0 Å². The Bertz CT molecular complexity index is 1380. The van der Waals surface area contributed by atoms with E-state index in [4.69, 9.17) is 0 Å². The molecule has 0 fully saturated rings. The normalized spacial score (nSPS) is 13.2. The van der Waals surface area contributed by atoms with Crippen molar-refractivity contribution in [3.05, 3.63) is 71.8 Å². The quantitative estimate of drug-likeness (QED) is 0.500. The van der Waals surface area contributed by atoms with Crippen LogP contribution >= 0.6 is 0 Å². The Morgan fingerprint density at radius 3 is 2.83 bits per heavy atom. The van der Waals surface area contributed by atoms with Crippen molar-refractivity contribution in [1.82, 2.24) is 19.4 Å². The molecule has 0 saturated heterocycles. The molecule has 2 N–H and O–H groups in total. The number of nitrogens with zero attached hydrogens (tertiary/aromatic N) is 4. The number of allylic oxidation sites excluding steroid dienone is 1. The van der Waals surface area contributed by atoms with E-state index in [2.05, 4.69) is 25.3 Å². The highest BCUT2D eigenvalue weighted by atomic mass is 16.2. The zero-order valence-corrected chi connectivity index (χ0v) is 16.2. The molecule has 5 rings (SSSR count). The van der Waals surface area contributed by atoms with Crippen molar-refractivity contribution in [3.63, 3.8) is 0 Å². The van der Waals surface area contributed by atoms with E-state index in [0.717, 1.165) is 11.4 Å². The minimum Gasteiger partial charge on any atom is -0.324 e. The second kappa shape index (κ2) is 7.07. The highest BCUT2D eigenvalue weighted by Gasteiger charge is 2.18. The van der Waals surface area contributed by atoms with Gasteiger partial charge in [-0.15, -0.1) is 0 Å². The highest BCUT2D eigenvalue weighted by molar-refractivity contribution is 6.15. The molecule has 0 bridgehead atoms. The van der Waals surface area contributed by atoms with Gasteiger partial charge in [0.2, 0.25) is 5.95 Å². The predicted octanol–water partition coefficient (Wildman–Crippen LogP) is 3.70. The van der Waals surface area contributed by atoms with Crippen LogP contribution in [0, 0.1) is 6.92 Å². The molecule has 1 aliphatic rings. The number of ketones is 1. The number of fused-ring (bicyclic) bond motifs is 2. The van der Waals surface area contributed by atoms with Crippen LogP contribution in [0.5, 0.6) is 0 Å². The highest BCUT2D eigenvalue weighted by Crippen LogP contribution is 2.21. The number of hydrogen-bond acceptors (Lipinski definition) is 5. The monoisotopic (exact) mass is 398 g/mol. The number of aromatic nitrogens is 4. The minimum absolute atomic E-state index is 0.0525. The van der Waals surface area contributed by atoms with Crippen LogP contribution in [-0.2, 0) is 0 Å². The summed E-state index contributed by atoms with van der Waals surface area (Å²) < 4.78 is 1.85. The van der Waals surface area contributed by atoms with Crippen molar-refractivity contribution < 1.29 is 9.59 Å². The molecule has 0 aliphatic carbocycles. The smallest absolute Gasteiger partial charge is 0.278 e. The van der Waals surface area contributed by atoms with E-state index in [1.54, 1.807) is 24.5 Å². The zero-order valence-electron chi connectivity index (χ0n) is 16.2. The van der Waals surface area contributed by atoms with Crippen LogP contribution < -0.4 is 5.32 Å². The molecule has 4 aromatic rings. The van der Waals surface area contributed by atoms with Crippen molar-refractivity contribution in [1.29, 1.82) is 0 Å². The van der Waals surface area contributed by atoms with Crippen LogP contribution in [0.2, 0.25) is 0 Å². The Morgan fingerprint density at radius 1 is 1.17 bits per heavy atom. The largest absolute Gasteiger partial charge is 0.324 e. The van der Waals surface area contributed by atoms with Gasteiger partial charge in [0.05, 0.1) is 5.52 Å². The van der Waals surface area contributed by atoms with Gasteiger partial charge in [0.25, 0.3) is 5.91 Å². The number of carbonyl (C=O) groups is 2. The molecule has 1 aliphatic heterocycles. The Morgan fingerprint density at radius 2 is 2.03 bits per heavy atom. The lowest BCUT2D eigenvalue weighted by atomic mass is 10.0. The molecular formula is C22H18N6O2. The van der Waals surface area contributed by atoms with Gasteiger partial charge in [-0.25, -0.2) is 9.97 Å². The summed E-state index contributed by atoms with van der Waals surface area (Å²) in [4.78, 5) is 41.5. The first-order chi connectivity index (χ1) is 14.6. The summed E-state index contributed by atoms with van der Waals surface area (Å²) in [6, 6.07) is 11.0. The van der Waals surface area contributed by atoms with Crippen LogP contribution in [0.25, 0.3) is 16.7 Å². The number of aryl methyl sites for hydroxylation is 1. The summed E-state index contributed by atoms with van der Waals surface area (Å²) >= 11 is 0. The number of Topliss-reactive ketones (excluding diaryl/α,β-unsaturated/α-hetero) is 1. The van der Waals surface area contributed by atoms with Crippen molar-refractivity contribution in [2.75, 3.05) is 5.32 Å². The number of pyridine rings is 1. The van der Waals surface area contributed by atoms with Crippen molar-refractivity contribution in [2.24, 2.45) is 4.99 Å². The maximum atomic E-state index is 12.7. The van der Waals surface area contributed by atoms with E-state index in [0.29, 0.717) is 28.7 Å². The maximum Gasteiger partial charge on any atom is 0.278 e. The number of carbonyl (C=O) groups excluding carboxylic acids is 2. The maximum absolute atomic E-state index is 12.7. The van der Waals surface area contributed by atoms with E-state index in [9.17, 15) is 9.59 Å². The fourth-order valence-electron chi connectivity index (χ4n) is 3.54. The molecule has 1 amide bonds. The number of imidazole rings is 2. The van der Waals surface area contributed by atoms with Crippen molar-refractivity contribution in [3.8, 4) is 0 Å². The summed E-state index contributed by atoms with van der Waals surface area (Å²) in [5.41, 5.74) is 4.50. The SMILES string of the molecule is Cc1cccc2nc(C(=O)Nc3nc4c(C(=O)CC5=NC=CC5)cccc4[nH]3)cn12. The molecular weight excluding hydrogens is 380 g/mol. The number of benzene rings is 1. The molecule has 1 aromatic carbocycles. The average molecular weight is 398 g/mol. The Hall–Kier alpha value is -4.07. The van der Waals surface area contributed by atoms with Crippen LogP contribution in [0.4, 0.5) is 5.95 Å². The Labute approximate surface area is 171 Å². The van der Waals surface area contributed by atoms with Crippen LogP contribution in [0.3, 0.4) is 0 Å². The van der Waals surface area contributed by atoms with Gasteiger partial charge in [0.1, 0.15) is 16.9 Å². The Balaban J connectivity index is 1.41. The van der Waals surface area contributed by atoms with Gasteiger partial charge in [0, 0.05) is 42.2 Å². The summed E-state index contributed by atoms with van der Waals surface area (Å²) in [7, 11) is 0. The number of hydrogen-bond donors (Lipinski definition) is 2. The molecule has 30 heavy (non-hydrogen) atoms. The fourth-order valence-corrected chi connectivity index (χ4v) is 3.54. The molecule has 0 saturated carbocycles. The van der Waals surface area contributed by atoms with E-state index in [-0.39, 0.29) is 29.8 Å². The molecule has 8 heteroatoms. The van der Waals surface area contributed by atoms with E-state index in [1.807, 2.05) is 41.7 Å². The molecule has 0 spiro atoms. The zero-order chi connectivity index (χ0) is 20.7. The van der Waals surface area contributed by atoms with Crippen LogP contribution in [0.15, 0.2) is 59.9 Å². The molecule has 0 unspecified atom stereocenters. The molecule has 0 atom stereocenters. The number of amides is 1. The first-order valence-electron chi connectivity index (χ1n) is 9.57. The molecule has 148 valence electrons. The molecule has 8 nitrogen and oxygen atoms in total. The lowest BCUT2D eigenvalue weighted by Crippen LogP contribution is -2.13. The van der Waals surface area contributed by atoms with Crippen LogP contribution in [-0.4, -0.2) is 36.8 Å². The number of H-pyrrole nitrogens is 1. The van der Waals surface area contributed by atoms with Crippen molar-refractivity contribution >= 4 is 40.0 Å². The number of aliphatic imine (C=N–C) groups is 1. The number of rotatable bonds is 5. The predicted molar refractivity (Wildman–Crippen MR) is 114 cm³/mol. The van der Waals surface area contributed by atoms with Gasteiger partial charge in [-0.2, -0.15) is 0 Å². The van der Waals surface area contributed by atoms with E-state index in [1.165, 1.54) is 0 Å². The van der Waals surface area contributed by atoms with Crippen LogP contribution in [0.1, 0.15) is 39.4 Å². The molecule has 4 heterocycles. The first-order valence-corrected chi connectivity index (χ1v) is 9.57. The topological polar surface area (TPSA) is 105 Å². The van der Waals surface area contributed by atoms with Gasteiger partial charge in [-0.1, -0.05) is 18.2 Å². The number of para-hydroxylation sites is 1. The lowest BCUT2D eigenvalue weighted by molar-refractivity contribution is 0.0998. The molecule has 3 aromatic heterocycles. The summed E-state index contributed by atoms with van der Waals surface area (Å²) in [5, 5.41) is 2.74. The average Bonchev–Trinajstić information content (AvgIpc) is 3.46. The first kappa shape index (κ1) is 18.0. The Kier molecular flexibility index (Phi) is 4.24. The second-order valence-corrected chi connectivity index (χ2v) is 7.15. The van der Waals surface area contributed by atoms with Gasteiger partial charge in [-0.3, -0.25) is 19.9 Å². The number of anilines is 1. The standard InChI is InChI=1S/C22H18N6O2/c1-13-5-2-9-19-24-17(12-28(13)19)21(30)27-22-25-16-8-3-7-15(20(16)26-22)18(29)11-14-6-4-10-23-14/h2-5,7-10,12H,6,11H2,1H3,(H2,25,26,27,30).